The summed E-state index contributed by atoms with van der Waals surface area (Å²) in [6.45, 7) is 16.3. The van der Waals surface area contributed by atoms with Gasteiger partial charge in [-0.3, -0.25) is 0 Å². The summed E-state index contributed by atoms with van der Waals surface area (Å²) in [5.74, 6) is 0.686. The van der Waals surface area contributed by atoms with Crippen molar-refractivity contribution in [3.8, 4) is 22.5 Å². The number of carbonyl (C=O) groups is 1. The van der Waals surface area contributed by atoms with Gasteiger partial charge in [-0.25, -0.2) is 9.37 Å². The second-order valence-corrected chi connectivity index (χ2v) is 28.5. The van der Waals surface area contributed by atoms with Crippen LogP contribution in [0.3, 0.4) is 0 Å². The minimum atomic E-state index is -0.217. The van der Waals surface area contributed by atoms with Crippen molar-refractivity contribution in [2.45, 2.75) is 394 Å². The van der Waals surface area contributed by atoms with Crippen LogP contribution >= 0.6 is 0 Å². The second kappa shape index (κ2) is 56.7. The van der Waals surface area contributed by atoms with E-state index in [2.05, 4.69) is 92.6 Å². The molecular weight excluding hydrogens is 1110 g/mol. The molecule has 0 aromatic heterocycles. The highest BCUT2D eigenvalue weighted by Gasteiger charge is 2.24. The number of unbranched alkanes of at least 4 members (excludes halogenated alkanes) is 51. The molecule has 518 valence electrons. The van der Waals surface area contributed by atoms with Crippen molar-refractivity contribution >= 4 is 22.6 Å². The Morgan fingerprint density at radius 3 is 1.11 bits per heavy atom. The lowest BCUT2D eigenvalue weighted by atomic mass is 9.90. The average Bonchev–Trinajstić information content (AvgIpc) is 0.778. The summed E-state index contributed by atoms with van der Waals surface area (Å²) < 4.78 is 16.2. The quantitative estimate of drug-likeness (QED) is 0.0191. The number of rotatable bonds is 64. The van der Waals surface area contributed by atoms with Gasteiger partial charge in [-0.15, -0.1) is 0 Å². The molecule has 0 amide bonds. The molecule has 2 aromatic carbocycles. The van der Waals surface area contributed by atoms with Crippen molar-refractivity contribution in [3.63, 3.8) is 0 Å². The maximum atomic E-state index is 14.4. The van der Waals surface area contributed by atoms with E-state index < -0.39 is 0 Å². The number of carbonyl (C=O) groups excluding carboxylic acids is 1. The number of fused-ring (bicyclic) bond motifs is 2. The fourth-order valence-corrected chi connectivity index (χ4v) is 14.2. The monoisotopic (exact) mass is 1260 g/mol. The van der Waals surface area contributed by atoms with Crippen LogP contribution in [0.25, 0.3) is 33.4 Å². The number of hydrogen-bond acceptors (Lipinski definition) is 4. The van der Waals surface area contributed by atoms with Crippen LogP contribution in [0.5, 0.6) is 0 Å². The van der Waals surface area contributed by atoms with E-state index in [9.17, 15) is 4.79 Å². The molecule has 2 aliphatic rings. The number of hydrogen-bond donors (Lipinski definition) is 0. The molecule has 0 N–H and O–H groups in total. The average molecular weight is 1260 g/mol. The number of nitrogens with zero attached hydrogens (tertiary/aromatic N) is 2. The van der Waals surface area contributed by atoms with Crippen LogP contribution in [-0.4, -0.2) is 38.8 Å². The van der Waals surface area contributed by atoms with E-state index in [1.54, 1.807) is 0 Å². The van der Waals surface area contributed by atoms with E-state index >= 15 is 0 Å². The SMILES string of the molecule is CCCCCCCCCCCCCCCCCCOC(=O)c1ccccc1-c1c2ccc(=[N+](CCCCCCCCCCCC)CCCCCCCCCCCC)cc-2oc2cc(N(CCCCCCCCCCCC)CCCCCCCCCCCC)ccc12. The van der Waals surface area contributed by atoms with Crippen LogP contribution in [0, 0.1) is 0 Å². The predicted octanol–water partition coefficient (Wildman–Crippen LogP) is 27.9. The summed E-state index contributed by atoms with van der Waals surface area (Å²) in [6, 6.07) is 22.4. The van der Waals surface area contributed by atoms with E-state index in [0.29, 0.717) is 12.2 Å². The molecule has 91 heavy (non-hydrogen) atoms. The zero-order valence-corrected chi connectivity index (χ0v) is 61.0. The van der Waals surface area contributed by atoms with Crippen molar-refractivity contribution in [2.24, 2.45) is 0 Å². The lowest BCUT2D eigenvalue weighted by Crippen LogP contribution is -2.32. The molecule has 1 aliphatic heterocycles. The summed E-state index contributed by atoms with van der Waals surface area (Å²) in [6.07, 6.45) is 75.2. The Labute approximate surface area is 564 Å². The maximum absolute atomic E-state index is 14.4. The molecule has 0 saturated heterocycles. The Morgan fingerprint density at radius 2 is 0.714 bits per heavy atom. The van der Waals surface area contributed by atoms with E-state index in [4.69, 9.17) is 9.15 Å². The van der Waals surface area contributed by atoms with Crippen LogP contribution in [0.4, 0.5) is 5.69 Å². The minimum Gasteiger partial charge on any atom is -0.462 e. The molecule has 0 atom stereocenters. The molecule has 0 spiro atoms. The van der Waals surface area contributed by atoms with Gasteiger partial charge in [-0.05, 0) is 61.9 Å². The largest absolute Gasteiger partial charge is 0.462 e. The normalized spacial score (nSPS) is 11.7. The van der Waals surface area contributed by atoms with Gasteiger partial charge in [0.15, 0.2) is 0 Å². The molecular formula is C86H147N2O3+. The van der Waals surface area contributed by atoms with Gasteiger partial charge in [-0.1, -0.05) is 367 Å². The van der Waals surface area contributed by atoms with Crippen LogP contribution in [-0.2, 0) is 4.74 Å². The number of esters is 1. The Morgan fingerprint density at radius 1 is 0.363 bits per heavy atom. The van der Waals surface area contributed by atoms with Crippen LogP contribution in [0.15, 0.2) is 65.1 Å². The lowest BCUT2D eigenvalue weighted by molar-refractivity contribution is 0.0498. The number of anilines is 1. The van der Waals surface area contributed by atoms with Crippen molar-refractivity contribution in [1.82, 2.24) is 4.58 Å². The smallest absolute Gasteiger partial charge is 0.338 e. The first-order chi connectivity index (χ1) is 45.1. The van der Waals surface area contributed by atoms with Crippen molar-refractivity contribution in [3.05, 3.63) is 71.6 Å². The van der Waals surface area contributed by atoms with Crippen molar-refractivity contribution in [2.75, 3.05) is 37.7 Å². The summed E-state index contributed by atoms with van der Waals surface area (Å²) in [5, 5.41) is 2.33. The molecule has 2 aromatic rings. The third-order valence-electron chi connectivity index (χ3n) is 20.2. The third kappa shape index (κ3) is 37.3. The van der Waals surface area contributed by atoms with Gasteiger partial charge in [0, 0.05) is 60.3 Å². The molecule has 4 rings (SSSR count). The van der Waals surface area contributed by atoms with E-state index in [1.165, 1.54) is 358 Å². The predicted molar refractivity (Wildman–Crippen MR) is 403 cm³/mol. The first-order valence-electron chi connectivity index (χ1n) is 40.7. The molecule has 0 unspecified atom stereocenters. The fraction of sp³-hybridized carbons (Fsp3) is 0.767. The van der Waals surface area contributed by atoms with E-state index in [-0.39, 0.29) is 5.97 Å². The lowest BCUT2D eigenvalue weighted by Gasteiger charge is -2.26. The highest BCUT2D eigenvalue weighted by atomic mass is 16.5. The van der Waals surface area contributed by atoms with E-state index in [1.807, 2.05) is 12.1 Å². The molecule has 0 fully saturated rings. The van der Waals surface area contributed by atoms with Crippen molar-refractivity contribution < 1.29 is 13.9 Å². The fourth-order valence-electron chi connectivity index (χ4n) is 14.2. The second-order valence-electron chi connectivity index (χ2n) is 28.5. The van der Waals surface area contributed by atoms with Crippen molar-refractivity contribution in [1.29, 1.82) is 0 Å². The third-order valence-corrected chi connectivity index (χ3v) is 20.2. The summed E-state index contributed by atoms with van der Waals surface area (Å²) in [4.78, 5) is 17.1. The highest BCUT2D eigenvalue weighted by Crippen LogP contribution is 2.42. The topological polar surface area (TPSA) is 45.7 Å². The highest BCUT2D eigenvalue weighted by molar-refractivity contribution is 6.08. The molecule has 5 nitrogen and oxygen atoms in total. The minimum absolute atomic E-state index is 0.217. The first kappa shape index (κ1) is 79.8. The summed E-state index contributed by atoms with van der Waals surface area (Å²) >= 11 is 0. The van der Waals surface area contributed by atoms with Gasteiger partial charge >= 0.3 is 5.97 Å². The Kier molecular flexibility index (Phi) is 49.8. The molecule has 0 saturated carbocycles. The van der Waals surface area contributed by atoms with Gasteiger partial charge in [0.1, 0.15) is 24.4 Å². The van der Waals surface area contributed by atoms with Gasteiger partial charge in [0.25, 0.3) is 0 Å². The Balaban J connectivity index is 1.61. The summed E-state index contributed by atoms with van der Waals surface area (Å²) in [5.41, 5.74) is 5.89. The van der Waals surface area contributed by atoms with Crippen LogP contribution < -0.4 is 14.8 Å². The Hall–Kier alpha value is -3.60. The molecule has 1 aliphatic carbocycles. The molecule has 0 radical (unpaired) electrons. The number of ether oxygens (including phenoxy) is 1. The Bertz CT molecular complexity index is 2300. The zero-order chi connectivity index (χ0) is 64.5. The van der Waals surface area contributed by atoms with E-state index in [0.717, 1.165) is 72.4 Å². The van der Waals surface area contributed by atoms with Gasteiger partial charge in [0.2, 0.25) is 5.36 Å². The molecule has 5 heteroatoms. The standard InChI is InChI=1S/C86H147N2O3/c1-6-11-16-21-26-31-36-37-38-39-40-41-46-51-56-63-74-90-86(89)80-65-58-57-64-79(80)85-81-68-66-77(87(70-59-52-47-42-32-27-22-17-12-7-2)71-60-53-48-43-33-28-23-18-13-8-3)75-83(81)91-84-76-78(67-69-82(84)85)88(72-61-54-49-44-34-29-24-19-14-9-4)73-62-55-50-45-35-30-25-20-15-10-5/h57-58,64-69,75-76H,6-56,59-63,70-74H2,1-5H3/q+1. The summed E-state index contributed by atoms with van der Waals surface area (Å²) in [7, 11) is 0. The maximum Gasteiger partial charge on any atom is 0.338 e. The van der Waals surface area contributed by atoms with Crippen LogP contribution in [0.2, 0.25) is 0 Å². The van der Waals surface area contributed by atoms with Gasteiger partial charge in [0.05, 0.1) is 18.2 Å². The van der Waals surface area contributed by atoms with Crippen LogP contribution in [0.1, 0.15) is 405 Å². The molecule has 0 bridgehead atoms. The van der Waals surface area contributed by atoms with Gasteiger partial charge < -0.3 is 14.1 Å². The zero-order valence-electron chi connectivity index (χ0n) is 61.0. The molecule has 1 heterocycles. The van der Waals surface area contributed by atoms with Gasteiger partial charge in [-0.2, -0.15) is 0 Å². The first-order valence-corrected chi connectivity index (χ1v) is 40.7. The number of benzene rings is 3.